The predicted molar refractivity (Wildman–Crippen MR) is 191 cm³/mol. The van der Waals surface area contributed by atoms with Crippen molar-refractivity contribution < 1.29 is 33.7 Å². The number of aliphatic hydroxyl groups is 1. The number of carbonyl (C=O) groups is 3. The minimum absolute atomic E-state index is 0.194. The number of aliphatic hydroxyl groups excluding tert-OH is 1. The molecule has 0 radical (unpaired) electrons. The zero-order chi connectivity index (χ0) is 35.3. The quantitative estimate of drug-likeness (QED) is 0.220. The fraction of sp³-hybridized carbons (Fsp3) is 0.432. The molecule has 12 nitrogen and oxygen atoms in total. The van der Waals surface area contributed by atoms with E-state index in [2.05, 4.69) is 16.0 Å². The standard InChI is InChI=1S/C37H49N5O7/c1-25-22-42(26(2)24-43)35(44)32-21-30(39-36(45)38-28-12-7-6-8-13-28)16-19-33(32)49-27(3)11-9-10-20-48-34(25)23-41(4)37(46)40-29-14-17-31(47-5)18-15-29/h6-8,12-19,21,25-27,34,43H,9-11,20,22-24H2,1-5H3,(H,40,46)(H2,38,39,45)/t25-,26+,27+,34-/m0/s1. The van der Waals surface area contributed by atoms with E-state index in [1.54, 1.807) is 85.5 Å². The van der Waals surface area contributed by atoms with Gasteiger partial charge in [0.25, 0.3) is 5.91 Å². The molecule has 0 aliphatic carbocycles. The Hall–Kier alpha value is -4.81. The number of amides is 5. The first kappa shape index (κ1) is 37.0. The van der Waals surface area contributed by atoms with Crippen molar-refractivity contribution in [3.05, 3.63) is 78.4 Å². The molecule has 5 amide bonds. The molecular weight excluding hydrogens is 626 g/mol. The maximum absolute atomic E-state index is 14.4. The van der Waals surface area contributed by atoms with Crippen LogP contribution in [0.15, 0.2) is 72.8 Å². The van der Waals surface area contributed by atoms with Gasteiger partial charge in [-0.15, -0.1) is 0 Å². The highest BCUT2D eigenvalue weighted by molar-refractivity contribution is 6.02. The summed E-state index contributed by atoms with van der Waals surface area (Å²) >= 11 is 0. The Kier molecular flexibility index (Phi) is 13.7. The molecular formula is C37H49N5O7. The summed E-state index contributed by atoms with van der Waals surface area (Å²) in [5.41, 5.74) is 1.94. The predicted octanol–water partition coefficient (Wildman–Crippen LogP) is 6.30. The number of hydrogen-bond donors (Lipinski definition) is 4. The number of para-hydroxylation sites is 1. The van der Waals surface area contributed by atoms with Crippen molar-refractivity contribution in [3.63, 3.8) is 0 Å². The van der Waals surface area contributed by atoms with Crippen LogP contribution >= 0.6 is 0 Å². The van der Waals surface area contributed by atoms with Gasteiger partial charge in [0.2, 0.25) is 0 Å². The van der Waals surface area contributed by atoms with E-state index >= 15 is 0 Å². The largest absolute Gasteiger partial charge is 0.497 e. The molecule has 0 saturated heterocycles. The van der Waals surface area contributed by atoms with Crippen molar-refractivity contribution in [1.29, 1.82) is 0 Å². The number of urea groups is 2. The third-order valence-electron chi connectivity index (χ3n) is 8.48. The lowest BCUT2D eigenvalue weighted by atomic mass is 10.0. The first-order valence-electron chi connectivity index (χ1n) is 16.7. The number of likely N-dealkylation sites (N-methyl/N-ethyl adjacent to an activating group) is 1. The van der Waals surface area contributed by atoms with Crippen LogP contribution in [0.3, 0.4) is 0 Å². The second-order valence-electron chi connectivity index (χ2n) is 12.5. The number of fused-ring (bicyclic) bond motifs is 1. The van der Waals surface area contributed by atoms with Gasteiger partial charge in [0, 0.05) is 49.7 Å². The number of hydrogen-bond acceptors (Lipinski definition) is 7. The first-order chi connectivity index (χ1) is 23.6. The van der Waals surface area contributed by atoms with Crippen molar-refractivity contribution >= 4 is 35.0 Å². The van der Waals surface area contributed by atoms with Gasteiger partial charge in [-0.3, -0.25) is 4.79 Å². The molecule has 0 saturated carbocycles. The topological polar surface area (TPSA) is 142 Å². The van der Waals surface area contributed by atoms with Crippen molar-refractivity contribution in [2.45, 2.75) is 58.3 Å². The summed E-state index contributed by atoms with van der Waals surface area (Å²) in [5.74, 6) is 0.505. The number of anilines is 3. The van der Waals surface area contributed by atoms with E-state index in [9.17, 15) is 19.5 Å². The van der Waals surface area contributed by atoms with E-state index in [1.165, 1.54) is 0 Å². The second kappa shape index (κ2) is 18.1. The highest BCUT2D eigenvalue weighted by atomic mass is 16.5. The van der Waals surface area contributed by atoms with Crippen LogP contribution in [0.1, 0.15) is 50.4 Å². The SMILES string of the molecule is COc1ccc(NC(=O)N(C)C[C@@H]2OCCCC[C@@H](C)Oc3ccc(NC(=O)Nc4ccccc4)cc3C(=O)N([C@H](C)CO)C[C@@H]2C)cc1. The Balaban J connectivity index is 1.56. The highest BCUT2D eigenvalue weighted by Gasteiger charge is 2.31. The maximum Gasteiger partial charge on any atom is 0.323 e. The molecule has 12 heteroatoms. The summed E-state index contributed by atoms with van der Waals surface area (Å²) in [6.07, 6.45) is 1.77. The van der Waals surface area contributed by atoms with Crippen molar-refractivity contribution in [2.75, 3.05) is 56.4 Å². The van der Waals surface area contributed by atoms with Crippen LogP contribution in [0.4, 0.5) is 26.7 Å². The minimum Gasteiger partial charge on any atom is -0.497 e. The molecule has 1 heterocycles. The zero-order valence-electron chi connectivity index (χ0n) is 29.0. The molecule has 4 rings (SSSR count). The molecule has 4 N–H and O–H groups in total. The van der Waals surface area contributed by atoms with Gasteiger partial charge in [0.1, 0.15) is 11.5 Å². The van der Waals surface area contributed by atoms with Gasteiger partial charge in [-0.1, -0.05) is 25.1 Å². The monoisotopic (exact) mass is 675 g/mol. The molecule has 0 unspecified atom stereocenters. The summed E-state index contributed by atoms with van der Waals surface area (Å²) in [6, 6.07) is 19.8. The number of carbonyl (C=O) groups excluding carboxylic acids is 3. The Morgan fingerprint density at radius 1 is 0.980 bits per heavy atom. The van der Waals surface area contributed by atoms with E-state index < -0.39 is 18.2 Å². The average Bonchev–Trinajstić information content (AvgIpc) is 3.10. The minimum atomic E-state index is -0.539. The summed E-state index contributed by atoms with van der Waals surface area (Å²) in [4.78, 5) is 43.5. The van der Waals surface area contributed by atoms with Crippen LogP contribution in [0.2, 0.25) is 0 Å². The number of methoxy groups -OCH3 is 1. The molecule has 0 aromatic heterocycles. The normalized spacial score (nSPS) is 19.3. The van der Waals surface area contributed by atoms with Gasteiger partial charge in [-0.25, -0.2) is 9.59 Å². The van der Waals surface area contributed by atoms with Crippen LogP contribution in [0.25, 0.3) is 0 Å². The second-order valence-corrected chi connectivity index (χ2v) is 12.5. The van der Waals surface area contributed by atoms with Crippen LogP contribution in [0, 0.1) is 5.92 Å². The van der Waals surface area contributed by atoms with E-state index in [-0.39, 0.29) is 49.2 Å². The number of rotatable bonds is 8. The van der Waals surface area contributed by atoms with E-state index in [0.29, 0.717) is 35.2 Å². The van der Waals surface area contributed by atoms with Gasteiger partial charge in [0.15, 0.2) is 0 Å². The van der Waals surface area contributed by atoms with Crippen molar-refractivity contribution in [1.82, 2.24) is 9.80 Å². The highest BCUT2D eigenvalue weighted by Crippen LogP contribution is 2.29. The van der Waals surface area contributed by atoms with Gasteiger partial charge in [0.05, 0.1) is 37.5 Å². The molecule has 1 aliphatic heterocycles. The van der Waals surface area contributed by atoms with Gasteiger partial charge in [-0.2, -0.15) is 0 Å². The molecule has 1 aliphatic rings. The molecule has 264 valence electrons. The van der Waals surface area contributed by atoms with E-state index in [1.807, 2.05) is 32.0 Å². The lowest BCUT2D eigenvalue weighted by Gasteiger charge is -2.35. The molecule has 3 aromatic rings. The number of benzene rings is 3. The number of ether oxygens (including phenoxy) is 3. The molecule has 49 heavy (non-hydrogen) atoms. The number of nitrogens with zero attached hydrogens (tertiary/aromatic N) is 2. The Morgan fingerprint density at radius 2 is 1.65 bits per heavy atom. The fourth-order valence-electron chi connectivity index (χ4n) is 5.52. The molecule has 0 bridgehead atoms. The van der Waals surface area contributed by atoms with Crippen LogP contribution < -0.4 is 25.4 Å². The number of nitrogens with one attached hydrogen (secondary N) is 3. The maximum atomic E-state index is 14.4. The summed E-state index contributed by atoms with van der Waals surface area (Å²) in [7, 11) is 3.29. The average molecular weight is 676 g/mol. The summed E-state index contributed by atoms with van der Waals surface area (Å²) < 4.78 is 17.9. The smallest absolute Gasteiger partial charge is 0.323 e. The van der Waals surface area contributed by atoms with Crippen LogP contribution in [0.5, 0.6) is 11.5 Å². The van der Waals surface area contributed by atoms with E-state index in [4.69, 9.17) is 14.2 Å². The van der Waals surface area contributed by atoms with Gasteiger partial charge < -0.3 is 45.1 Å². The zero-order valence-corrected chi connectivity index (χ0v) is 29.0. The van der Waals surface area contributed by atoms with E-state index in [0.717, 1.165) is 19.3 Å². The Bertz CT molecular complexity index is 1520. The Labute approximate surface area is 288 Å². The lowest BCUT2D eigenvalue weighted by molar-refractivity contribution is -0.0115. The van der Waals surface area contributed by atoms with Crippen LogP contribution in [-0.2, 0) is 4.74 Å². The first-order valence-corrected chi connectivity index (χ1v) is 16.7. The summed E-state index contributed by atoms with van der Waals surface area (Å²) in [6.45, 7) is 6.43. The van der Waals surface area contributed by atoms with Gasteiger partial charge in [-0.05, 0) is 87.7 Å². The lowest BCUT2D eigenvalue weighted by Crippen LogP contribution is -2.48. The summed E-state index contributed by atoms with van der Waals surface area (Å²) in [5, 5.41) is 18.7. The molecule has 4 atom stereocenters. The van der Waals surface area contributed by atoms with Crippen LogP contribution in [-0.4, -0.2) is 91.6 Å². The van der Waals surface area contributed by atoms with Gasteiger partial charge >= 0.3 is 12.1 Å². The molecule has 0 spiro atoms. The van der Waals surface area contributed by atoms with Crippen molar-refractivity contribution in [2.24, 2.45) is 5.92 Å². The third kappa shape index (κ3) is 10.8. The molecule has 3 aromatic carbocycles. The molecule has 0 fully saturated rings. The fourth-order valence-corrected chi connectivity index (χ4v) is 5.52. The van der Waals surface area contributed by atoms with Crippen molar-refractivity contribution in [3.8, 4) is 11.5 Å². The third-order valence-corrected chi connectivity index (χ3v) is 8.48. The Morgan fingerprint density at radius 3 is 2.35 bits per heavy atom.